The normalized spacial score (nSPS) is 11.3. The molecule has 0 fully saturated rings. The Morgan fingerprint density at radius 2 is 2.06 bits per heavy atom. The maximum Gasteiger partial charge on any atom is 0.132 e. The zero-order valence-corrected chi connectivity index (χ0v) is 11.1. The molecule has 0 amide bonds. The average Bonchev–Trinajstić information content (AvgIpc) is 2.86. The molecule has 0 unspecified atom stereocenters. The molecule has 3 aromatic rings. The summed E-state index contributed by atoms with van der Waals surface area (Å²) in [6, 6.07) is 2.00. The van der Waals surface area contributed by atoms with Crippen molar-refractivity contribution in [3.05, 3.63) is 29.2 Å². The van der Waals surface area contributed by atoms with Gasteiger partial charge in [0, 0.05) is 25.9 Å². The van der Waals surface area contributed by atoms with Gasteiger partial charge in [-0.3, -0.25) is 9.36 Å². The van der Waals surface area contributed by atoms with Crippen LogP contribution in [0.1, 0.15) is 5.56 Å². The molecule has 6 heteroatoms. The number of halogens is 1. The van der Waals surface area contributed by atoms with Crippen LogP contribution in [-0.2, 0) is 14.1 Å². The summed E-state index contributed by atoms with van der Waals surface area (Å²) >= 11 is 6.09. The highest BCUT2D eigenvalue weighted by Gasteiger charge is 2.15. The number of aryl methyl sites for hydroxylation is 3. The fourth-order valence-corrected chi connectivity index (χ4v) is 2.13. The molecule has 0 saturated heterocycles. The predicted octanol–water partition coefficient (Wildman–Crippen LogP) is 2.33. The van der Waals surface area contributed by atoms with Gasteiger partial charge < -0.3 is 0 Å². The highest BCUT2D eigenvalue weighted by atomic mass is 35.5. The standard InChI is InChI=1S/C12H12ClN5/c1-7-4-9-11(15-12(7)13)10(16-18(9)3)8-5-14-17(2)6-8/h4-6H,1-3H3. The van der Waals surface area contributed by atoms with Gasteiger partial charge in [-0.1, -0.05) is 11.6 Å². The second-order valence-corrected chi connectivity index (χ2v) is 4.70. The van der Waals surface area contributed by atoms with Crippen molar-refractivity contribution in [3.8, 4) is 11.3 Å². The maximum atomic E-state index is 6.09. The smallest absolute Gasteiger partial charge is 0.132 e. The summed E-state index contributed by atoms with van der Waals surface area (Å²) in [5.41, 5.74) is 4.47. The molecule has 0 bridgehead atoms. The molecule has 0 aliphatic carbocycles. The Hall–Kier alpha value is -1.88. The summed E-state index contributed by atoms with van der Waals surface area (Å²) in [4.78, 5) is 4.43. The van der Waals surface area contributed by atoms with E-state index in [1.165, 1.54) is 0 Å². The van der Waals surface area contributed by atoms with Gasteiger partial charge in [0.1, 0.15) is 16.4 Å². The first-order valence-electron chi connectivity index (χ1n) is 5.55. The topological polar surface area (TPSA) is 48.5 Å². The van der Waals surface area contributed by atoms with Gasteiger partial charge in [-0.2, -0.15) is 10.2 Å². The highest BCUT2D eigenvalue weighted by molar-refractivity contribution is 6.30. The molecule has 0 saturated carbocycles. The van der Waals surface area contributed by atoms with Gasteiger partial charge >= 0.3 is 0 Å². The minimum atomic E-state index is 0.514. The van der Waals surface area contributed by atoms with E-state index in [9.17, 15) is 0 Å². The number of hydrogen-bond donors (Lipinski definition) is 0. The first kappa shape index (κ1) is 11.2. The number of fused-ring (bicyclic) bond motifs is 1. The lowest BCUT2D eigenvalue weighted by Gasteiger charge is -1.98. The third-order valence-electron chi connectivity index (χ3n) is 2.93. The van der Waals surface area contributed by atoms with Crippen LogP contribution in [0.4, 0.5) is 0 Å². The molecule has 3 rings (SSSR count). The Morgan fingerprint density at radius 1 is 1.28 bits per heavy atom. The fraction of sp³-hybridized carbons (Fsp3) is 0.250. The maximum absolute atomic E-state index is 6.09. The number of nitrogens with zero attached hydrogens (tertiary/aromatic N) is 5. The van der Waals surface area contributed by atoms with Crippen LogP contribution in [0.25, 0.3) is 22.3 Å². The quantitative estimate of drug-likeness (QED) is 0.632. The molecule has 5 nitrogen and oxygen atoms in total. The van der Waals surface area contributed by atoms with E-state index < -0.39 is 0 Å². The van der Waals surface area contributed by atoms with E-state index in [1.54, 1.807) is 10.9 Å². The number of aromatic nitrogens is 5. The van der Waals surface area contributed by atoms with Crippen molar-refractivity contribution in [1.29, 1.82) is 0 Å². The molecule has 3 heterocycles. The molecular formula is C12H12ClN5. The first-order valence-corrected chi connectivity index (χ1v) is 5.93. The summed E-state index contributed by atoms with van der Waals surface area (Å²) in [5, 5.41) is 9.17. The minimum Gasteiger partial charge on any atom is -0.275 e. The Balaban J connectivity index is 2.34. The van der Waals surface area contributed by atoms with Gasteiger partial charge in [-0.15, -0.1) is 0 Å². The SMILES string of the molecule is Cc1cc2c(nc1Cl)c(-c1cnn(C)c1)nn2C. The third-order valence-corrected chi connectivity index (χ3v) is 3.32. The molecule has 0 aliphatic heterocycles. The van der Waals surface area contributed by atoms with Crippen molar-refractivity contribution in [2.45, 2.75) is 6.92 Å². The van der Waals surface area contributed by atoms with Crippen LogP contribution in [0.3, 0.4) is 0 Å². The van der Waals surface area contributed by atoms with Crippen molar-refractivity contribution < 1.29 is 0 Å². The molecule has 18 heavy (non-hydrogen) atoms. The highest BCUT2D eigenvalue weighted by Crippen LogP contribution is 2.28. The lowest BCUT2D eigenvalue weighted by atomic mass is 10.2. The van der Waals surface area contributed by atoms with E-state index in [0.717, 1.165) is 27.9 Å². The van der Waals surface area contributed by atoms with E-state index in [0.29, 0.717) is 5.15 Å². The van der Waals surface area contributed by atoms with Crippen LogP contribution >= 0.6 is 11.6 Å². The van der Waals surface area contributed by atoms with Crippen LogP contribution < -0.4 is 0 Å². The molecule has 0 radical (unpaired) electrons. The summed E-state index contributed by atoms with van der Waals surface area (Å²) in [6.07, 6.45) is 3.69. The molecule has 0 aliphatic rings. The Kier molecular flexibility index (Phi) is 2.38. The van der Waals surface area contributed by atoms with Gasteiger partial charge in [0.2, 0.25) is 0 Å². The third kappa shape index (κ3) is 1.59. The number of hydrogen-bond acceptors (Lipinski definition) is 3. The molecule has 3 aromatic heterocycles. The predicted molar refractivity (Wildman–Crippen MR) is 70.5 cm³/mol. The molecule has 0 N–H and O–H groups in total. The summed E-state index contributed by atoms with van der Waals surface area (Å²) < 4.78 is 3.56. The van der Waals surface area contributed by atoms with Crippen molar-refractivity contribution >= 4 is 22.6 Å². The molecular weight excluding hydrogens is 250 g/mol. The molecule has 92 valence electrons. The van der Waals surface area contributed by atoms with E-state index in [4.69, 9.17) is 11.6 Å². The second-order valence-electron chi connectivity index (χ2n) is 4.34. The monoisotopic (exact) mass is 261 g/mol. The van der Waals surface area contributed by atoms with Crippen LogP contribution in [0.2, 0.25) is 5.15 Å². The van der Waals surface area contributed by atoms with Crippen LogP contribution in [0.5, 0.6) is 0 Å². The van der Waals surface area contributed by atoms with Gasteiger partial charge in [0.05, 0.1) is 11.7 Å². The first-order chi connectivity index (χ1) is 8.56. The average molecular weight is 262 g/mol. The minimum absolute atomic E-state index is 0.514. The van der Waals surface area contributed by atoms with Gasteiger partial charge in [0.15, 0.2) is 0 Å². The molecule has 0 spiro atoms. The van der Waals surface area contributed by atoms with Crippen molar-refractivity contribution in [3.63, 3.8) is 0 Å². The van der Waals surface area contributed by atoms with E-state index >= 15 is 0 Å². The van der Waals surface area contributed by atoms with Crippen molar-refractivity contribution in [2.75, 3.05) is 0 Å². The van der Waals surface area contributed by atoms with Crippen LogP contribution in [-0.4, -0.2) is 24.5 Å². The Labute approximate surface area is 109 Å². The Morgan fingerprint density at radius 3 is 2.72 bits per heavy atom. The lowest BCUT2D eigenvalue weighted by Crippen LogP contribution is -1.90. The second kappa shape index (κ2) is 3.81. The van der Waals surface area contributed by atoms with Gasteiger partial charge in [-0.25, -0.2) is 4.98 Å². The molecule has 0 atom stereocenters. The number of rotatable bonds is 1. The lowest BCUT2D eigenvalue weighted by molar-refractivity contribution is 0.767. The van der Waals surface area contributed by atoms with Crippen LogP contribution in [0, 0.1) is 6.92 Å². The van der Waals surface area contributed by atoms with E-state index in [-0.39, 0.29) is 0 Å². The largest absolute Gasteiger partial charge is 0.275 e. The summed E-state index contributed by atoms with van der Waals surface area (Å²) in [5.74, 6) is 0. The molecule has 0 aromatic carbocycles. The van der Waals surface area contributed by atoms with E-state index in [1.807, 2.05) is 38.0 Å². The van der Waals surface area contributed by atoms with Crippen LogP contribution in [0.15, 0.2) is 18.5 Å². The van der Waals surface area contributed by atoms with Crippen molar-refractivity contribution in [2.24, 2.45) is 14.1 Å². The summed E-state index contributed by atoms with van der Waals surface area (Å²) in [6.45, 7) is 1.94. The van der Waals surface area contributed by atoms with Gasteiger partial charge in [-0.05, 0) is 18.6 Å². The summed E-state index contributed by atoms with van der Waals surface area (Å²) in [7, 11) is 3.77. The fourth-order valence-electron chi connectivity index (χ4n) is 1.99. The van der Waals surface area contributed by atoms with E-state index in [2.05, 4.69) is 15.2 Å². The van der Waals surface area contributed by atoms with Crippen molar-refractivity contribution in [1.82, 2.24) is 24.5 Å². The zero-order valence-electron chi connectivity index (χ0n) is 10.3. The zero-order chi connectivity index (χ0) is 12.9. The number of pyridine rings is 1. The van der Waals surface area contributed by atoms with Gasteiger partial charge in [0.25, 0.3) is 0 Å². The Bertz CT molecular complexity index is 740.